The Bertz CT molecular complexity index is 1110. The first-order valence-electron chi connectivity index (χ1n) is 7.90. The molecule has 3 rings (SSSR count). The second-order valence-corrected chi connectivity index (χ2v) is 8.33. The summed E-state index contributed by atoms with van der Waals surface area (Å²) in [5, 5.41) is 12.1. The molecule has 1 N–H and O–H groups in total. The summed E-state index contributed by atoms with van der Waals surface area (Å²) in [4.78, 5) is 15.1. The lowest BCUT2D eigenvalue weighted by molar-refractivity contribution is -0.387. The van der Waals surface area contributed by atoms with E-state index in [1.807, 2.05) is 17.8 Å². The third kappa shape index (κ3) is 4.26. The predicted molar refractivity (Wildman–Crippen MR) is 104 cm³/mol. The molecule has 0 radical (unpaired) electrons. The SMILES string of the molecule is COc1ccc(S(=O)(=O)Nc2ccc(Sc3nccn3C)cc2)c([N+](=O)[O-])c1. The van der Waals surface area contributed by atoms with Crippen LogP contribution in [0.4, 0.5) is 11.4 Å². The van der Waals surface area contributed by atoms with E-state index in [-0.39, 0.29) is 11.4 Å². The number of imidazole rings is 1. The van der Waals surface area contributed by atoms with Crippen LogP contribution in [-0.4, -0.2) is 30.0 Å². The van der Waals surface area contributed by atoms with Crippen LogP contribution >= 0.6 is 11.8 Å². The number of hydrogen-bond acceptors (Lipinski definition) is 7. The number of rotatable bonds is 7. The fourth-order valence-electron chi connectivity index (χ4n) is 2.35. The number of benzene rings is 2. The number of nitrogens with one attached hydrogen (secondary N) is 1. The number of nitro groups is 1. The van der Waals surface area contributed by atoms with Crippen molar-refractivity contribution in [2.24, 2.45) is 7.05 Å². The van der Waals surface area contributed by atoms with Crippen LogP contribution < -0.4 is 9.46 Å². The van der Waals surface area contributed by atoms with Gasteiger partial charge in [-0.15, -0.1) is 0 Å². The van der Waals surface area contributed by atoms with Crippen LogP contribution in [0.2, 0.25) is 0 Å². The maximum absolute atomic E-state index is 12.6. The van der Waals surface area contributed by atoms with Gasteiger partial charge in [-0.3, -0.25) is 14.8 Å². The van der Waals surface area contributed by atoms with Crippen molar-refractivity contribution in [2.45, 2.75) is 14.9 Å². The molecule has 2 aromatic carbocycles. The van der Waals surface area contributed by atoms with E-state index >= 15 is 0 Å². The van der Waals surface area contributed by atoms with Gasteiger partial charge in [0.05, 0.1) is 18.1 Å². The minimum absolute atomic E-state index is 0.196. The second-order valence-electron chi connectivity index (χ2n) is 5.64. The van der Waals surface area contributed by atoms with Gasteiger partial charge < -0.3 is 9.30 Å². The summed E-state index contributed by atoms with van der Waals surface area (Å²) >= 11 is 1.43. The molecule has 0 saturated heterocycles. The first-order valence-corrected chi connectivity index (χ1v) is 10.2. The molecular weight excluding hydrogens is 404 g/mol. The van der Waals surface area contributed by atoms with Gasteiger partial charge in [0.2, 0.25) is 0 Å². The lowest BCUT2D eigenvalue weighted by Gasteiger charge is -2.10. The van der Waals surface area contributed by atoms with Crippen LogP contribution in [0.1, 0.15) is 0 Å². The van der Waals surface area contributed by atoms with E-state index in [2.05, 4.69) is 9.71 Å². The molecule has 0 aliphatic carbocycles. The lowest BCUT2D eigenvalue weighted by atomic mass is 10.3. The third-order valence-electron chi connectivity index (χ3n) is 3.74. The van der Waals surface area contributed by atoms with Crippen molar-refractivity contribution in [1.29, 1.82) is 0 Å². The fraction of sp³-hybridized carbons (Fsp3) is 0.118. The molecular formula is C17H16N4O5S2. The van der Waals surface area contributed by atoms with E-state index in [1.54, 1.807) is 30.5 Å². The number of methoxy groups -OCH3 is 1. The Labute approximate surface area is 165 Å². The van der Waals surface area contributed by atoms with E-state index in [1.165, 1.54) is 24.9 Å². The van der Waals surface area contributed by atoms with E-state index in [4.69, 9.17) is 4.74 Å². The molecule has 0 saturated carbocycles. The van der Waals surface area contributed by atoms with E-state index < -0.39 is 25.5 Å². The van der Waals surface area contributed by atoms with Crippen LogP contribution in [0.3, 0.4) is 0 Å². The molecule has 0 atom stereocenters. The Hall–Kier alpha value is -3.05. The summed E-state index contributed by atoms with van der Waals surface area (Å²) in [6.07, 6.45) is 3.51. The molecule has 0 aliphatic heterocycles. The van der Waals surface area contributed by atoms with Crippen LogP contribution in [0.25, 0.3) is 0 Å². The Balaban J connectivity index is 1.83. The molecule has 1 heterocycles. The predicted octanol–water partition coefficient (Wildman–Crippen LogP) is 3.29. The van der Waals surface area contributed by atoms with Crippen LogP contribution in [0.5, 0.6) is 5.75 Å². The first kappa shape index (κ1) is 19.7. The average Bonchev–Trinajstić information content (AvgIpc) is 3.07. The van der Waals surface area contributed by atoms with Crippen molar-refractivity contribution >= 4 is 33.2 Å². The van der Waals surface area contributed by atoms with E-state index in [9.17, 15) is 18.5 Å². The Morgan fingerprint density at radius 1 is 1.21 bits per heavy atom. The number of nitro benzene ring substituents is 1. The highest BCUT2D eigenvalue weighted by Crippen LogP contribution is 2.31. The maximum atomic E-state index is 12.6. The molecule has 3 aromatic rings. The standard InChI is InChI=1S/C17H16N4O5S2/c1-20-10-9-18-17(20)27-14-6-3-12(4-7-14)19-28(24,25)16-8-5-13(26-2)11-15(16)21(22)23/h3-11,19H,1-2H3. The minimum atomic E-state index is -4.15. The van der Waals surface area contributed by atoms with Crippen LogP contribution in [0, 0.1) is 10.1 Å². The summed E-state index contributed by atoms with van der Waals surface area (Å²) < 4.78 is 34.4. The van der Waals surface area contributed by atoms with Crippen molar-refractivity contribution in [3.63, 3.8) is 0 Å². The van der Waals surface area contributed by atoms with Crippen LogP contribution in [-0.2, 0) is 17.1 Å². The summed E-state index contributed by atoms with van der Waals surface area (Å²) in [6.45, 7) is 0. The quantitative estimate of drug-likeness (QED) is 0.460. The maximum Gasteiger partial charge on any atom is 0.293 e. The molecule has 0 fully saturated rings. The highest BCUT2D eigenvalue weighted by molar-refractivity contribution is 7.99. The zero-order chi connectivity index (χ0) is 20.3. The number of ether oxygens (including phenoxy) is 1. The summed E-state index contributed by atoms with van der Waals surface area (Å²) in [5.74, 6) is 0.196. The third-order valence-corrected chi connectivity index (χ3v) is 6.26. The second kappa shape index (κ2) is 7.90. The fourth-order valence-corrected chi connectivity index (χ4v) is 4.36. The summed E-state index contributed by atoms with van der Waals surface area (Å²) in [5.41, 5.74) is -0.275. The van der Waals surface area contributed by atoms with Crippen molar-refractivity contribution in [2.75, 3.05) is 11.8 Å². The van der Waals surface area contributed by atoms with Crippen molar-refractivity contribution in [3.8, 4) is 5.75 Å². The number of aromatic nitrogens is 2. The minimum Gasteiger partial charge on any atom is -0.497 e. The number of hydrogen-bond donors (Lipinski definition) is 1. The normalized spacial score (nSPS) is 11.2. The van der Waals surface area contributed by atoms with Crippen molar-refractivity contribution in [1.82, 2.24) is 9.55 Å². The monoisotopic (exact) mass is 420 g/mol. The first-order chi connectivity index (χ1) is 13.3. The van der Waals surface area contributed by atoms with Gasteiger partial charge in [-0.2, -0.15) is 0 Å². The molecule has 0 bridgehead atoms. The Morgan fingerprint density at radius 2 is 1.93 bits per heavy atom. The number of aryl methyl sites for hydroxylation is 1. The van der Waals surface area contributed by atoms with Gasteiger partial charge >= 0.3 is 0 Å². The zero-order valence-corrected chi connectivity index (χ0v) is 16.5. The smallest absolute Gasteiger partial charge is 0.293 e. The zero-order valence-electron chi connectivity index (χ0n) is 14.9. The average molecular weight is 420 g/mol. The summed E-state index contributed by atoms with van der Waals surface area (Å²) in [6, 6.07) is 10.2. The Morgan fingerprint density at radius 3 is 2.50 bits per heavy atom. The number of anilines is 1. The molecule has 1 aromatic heterocycles. The Kier molecular flexibility index (Phi) is 5.56. The van der Waals surface area contributed by atoms with Gasteiger partial charge in [0, 0.05) is 30.0 Å². The van der Waals surface area contributed by atoms with Crippen molar-refractivity contribution in [3.05, 3.63) is 65.0 Å². The van der Waals surface area contributed by atoms with Gasteiger partial charge in [0.1, 0.15) is 5.75 Å². The molecule has 0 amide bonds. The topological polar surface area (TPSA) is 116 Å². The molecule has 11 heteroatoms. The number of nitrogens with zero attached hydrogens (tertiary/aromatic N) is 3. The number of sulfonamides is 1. The molecule has 146 valence electrons. The van der Waals surface area contributed by atoms with Gasteiger partial charge in [0.15, 0.2) is 10.1 Å². The van der Waals surface area contributed by atoms with Gasteiger partial charge in [-0.25, -0.2) is 13.4 Å². The molecule has 0 spiro atoms. The molecule has 0 unspecified atom stereocenters. The van der Waals surface area contributed by atoms with E-state index in [0.717, 1.165) is 22.2 Å². The van der Waals surface area contributed by atoms with Gasteiger partial charge in [-0.05, 0) is 36.4 Å². The van der Waals surface area contributed by atoms with Crippen molar-refractivity contribution < 1.29 is 18.1 Å². The van der Waals surface area contributed by atoms with Gasteiger partial charge in [0.25, 0.3) is 15.7 Å². The highest BCUT2D eigenvalue weighted by Gasteiger charge is 2.26. The van der Waals surface area contributed by atoms with Crippen LogP contribution in [0.15, 0.2) is 69.8 Å². The molecule has 28 heavy (non-hydrogen) atoms. The van der Waals surface area contributed by atoms with Gasteiger partial charge in [-0.1, -0.05) is 11.8 Å². The molecule has 0 aliphatic rings. The largest absolute Gasteiger partial charge is 0.497 e. The lowest BCUT2D eigenvalue weighted by Crippen LogP contribution is -2.14. The molecule has 9 nitrogen and oxygen atoms in total. The highest BCUT2D eigenvalue weighted by atomic mass is 32.2. The summed E-state index contributed by atoms with van der Waals surface area (Å²) in [7, 11) is -0.936. The van der Waals surface area contributed by atoms with E-state index in [0.29, 0.717) is 0 Å².